The summed E-state index contributed by atoms with van der Waals surface area (Å²) >= 11 is 0. The summed E-state index contributed by atoms with van der Waals surface area (Å²) < 4.78 is 1.84. The number of aromatic amines is 1. The topological polar surface area (TPSA) is 82.9 Å². The second kappa shape index (κ2) is 10.2. The second-order valence-electron chi connectivity index (χ2n) is 5.19. The first-order valence-electron chi connectivity index (χ1n) is 7.68. The molecule has 0 aliphatic rings. The molecule has 2 aromatic heterocycles. The number of nitrogens with zero attached hydrogens (tertiary/aromatic N) is 4. The average molecular weight is 431 g/mol. The van der Waals surface area contributed by atoms with E-state index in [0.29, 0.717) is 6.54 Å². The van der Waals surface area contributed by atoms with Gasteiger partial charge in [0.2, 0.25) is 0 Å². The standard InChI is InChI=1S/C15H25N7.HI/c1-4-16-15(18-11-14-7-9-20-22(14)3)17-8-5-6-13-10-19-21-12(13)2;/h7,9-10H,4-6,8,11H2,1-3H3,(H,19,21)(H2,16,17,18);1H. The number of nitrogens with one attached hydrogen (secondary N) is 3. The molecule has 2 aromatic rings. The lowest BCUT2D eigenvalue weighted by Crippen LogP contribution is -2.37. The van der Waals surface area contributed by atoms with Gasteiger partial charge >= 0.3 is 0 Å². The summed E-state index contributed by atoms with van der Waals surface area (Å²) in [5, 5.41) is 17.8. The van der Waals surface area contributed by atoms with Gasteiger partial charge in [-0.1, -0.05) is 0 Å². The molecule has 128 valence electrons. The molecule has 2 rings (SSSR count). The van der Waals surface area contributed by atoms with Gasteiger partial charge in [-0.15, -0.1) is 24.0 Å². The molecule has 0 saturated carbocycles. The molecule has 8 heteroatoms. The van der Waals surface area contributed by atoms with Gasteiger partial charge in [0.1, 0.15) is 0 Å². The minimum Gasteiger partial charge on any atom is -0.357 e. The summed E-state index contributed by atoms with van der Waals surface area (Å²) in [5.74, 6) is 0.840. The van der Waals surface area contributed by atoms with E-state index in [4.69, 9.17) is 0 Å². The Hall–Kier alpha value is -1.58. The molecule has 0 spiro atoms. The Morgan fingerprint density at radius 3 is 2.83 bits per heavy atom. The van der Waals surface area contributed by atoms with E-state index in [1.54, 1.807) is 6.20 Å². The van der Waals surface area contributed by atoms with Crippen molar-refractivity contribution in [1.29, 1.82) is 0 Å². The van der Waals surface area contributed by atoms with Crippen molar-refractivity contribution < 1.29 is 0 Å². The molecule has 0 fully saturated rings. The van der Waals surface area contributed by atoms with Crippen molar-refractivity contribution in [3.63, 3.8) is 0 Å². The number of guanidine groups is 1. The molecule has 0 bridgehead atoms. The molecular formula is C15H26IN7. The maximum absolute atomic E-state index is 4.58. The van der Waals surface area contributed by atoms with Crippen molar-refractivity contribution >= 4 is 29.9 Å². The Balaban J connectivity index is 0.00000264. The molecule has 0 atom stereocenters. The number of aliphatic imine (C=N–C) groups is 1. The van der Waals surface area contributed by atoms with Crippen LogP contribution in [-0.4, -0.2) is 39.0 Å². The van der Waals surface area contributed by atoms with Crippen LogP contribution in [0.25, 0.3) is 0 Å². The van der Waals surface area contributed by atoms with Crippen molar-refractivity contribution in [3.05, 3.63) is 35.4 Å². The molecule has 2 heterocycles. The fourth-order valence-corrected chi connectivity index (χ4v) is 2.17. The van der Waals surface area contributed by atoms with Gasteiger partial charge in [0.25, 0.3) is 0 Å². The van der Waals surface area contributed by atoms with Crippen LogP contribution < -0.4 is 10.6 Å². The van der Waals surface area contributed by atoms with Gasteiger partial charge < -0.3 is 10.6 Å². The van der Waals surface area contributed by atoms with Crippen LogP contribution in [0.1, 0.15) is 30.3 Å². The normalized spacial score (nSPS) is 11.2. The zero-order chi connectivity index (χ0) is 15.8. The highest BCUT2D eigenvalue weighted by Gasteiger charge is 2.02. The van der Waals surface area contributed by atoms with Crippen LogP contribution >= 0.6 is 24.0 Å². The van der Waals surface area contributed by atoms with E-state index in [1.165, 1.54) is 5.56 Å². The lowest BCUT2D eigenvalue weighted by atomic mass is 10.1. The molecule has 0 amide bonds. The van der Waals surface area contributed by atoms with Crippen LogP contribution in [0.5, 0.6) is 0 Å². The predicted octanol–water partition coefficient (Wildman–Crippen LogP) is 1.76. The summed E-state index contributed by atoms with van der Waals surface area (Å²) in [6.45, 7) is 6.46. The van der Waals surface area contributed by atoms with E-state index in [-0.39, 0.29) is 24.0 Å². The number of hydrogen-bond acceptors (Lipinski definition) is 3. The maximum Gasteiger partial charge on any atom is 0.191 e. The first kappa shape index (κ1) is 19.5. The molecule has 0 aliphatic heterocycles. The van der Waals surface area contributed by atoms with Gasteiger partial charge in [-0.3, -0.25) is 9.78 Å². The average Bonchev–Trinajstić information content (AvgIpc) is 3.09. The van der Waals surface area contributed by atoms with Gasteiger partial charge in [0.05, 0.1) is 18.4 Å². The molecule has 0 aromatic carbocycles. The van der Waals surface area contributed by atoms with Crippen molar-refractivity contribution in [3.8, 4) is 0 Å². The highest BCUT2D eigenvalue weighted by atomic mass is 127. The second-order valence-corrected chi connectivity index (χ2v) is 5.19. The van der Waals surface area contributed by atoms with Gasteiger partial charge in [-0.05, 0) is 38.3 Å². The van der Waals surface area contributed by atoms with Gasteiger partial charge in [-0.25, -0.2) is 4.99 Å². The third-order valence-corrected chi connectivity index (χ3v) is 3.52. The highest BCUT2D eigenvalue weighted by molar-refractivity contribution is 14.0. The van der Waals surface area contributed by atoms with Crippen LogP contribution in [-0.2, 0) is 20.0 Å². The fourth-order valence-electron chi connectivity index (χ4n) is 2.17. The number of aryl methyl sites for hydroxylation is 3. The number of H-pyrrole nitrogens is 1. The summed E-state index contributed by atoms with van der Waals surface area (Å²) in [7, 11) is 1.93. The van der Waals surface area contributed by atoms with E-state index in [2.05, 4.69) is 44.8 Å². The molecule has 23 heavy (non-hydrogen) atoms. The van der Waals surface area contributed by atoms with Crippen LogP contribution in [0.3, 0.4) is 0 Å². The molecule has 3 N–H and O–H groups in total. The number of aromatic nitrogens is 4. The maximum atomic E-state index is 4.58. The third-order valence-electron chi connectivity index (χ3n) is 3.52. The first-order chi connectivity index (χ1) is 10.7. The summed E-state index contributed by atoms with van der Waals surface area (Å²) in [6, 6.07) is 1.98. The Bertz CT molecular complexity index is 602. The summed E-state index contributed by atoms with van der Waals surface area (Å²) in [6.07, 6.45) is 5.74. The molecule has 0 unspecified atom stereocenters. The van der Waals surface area contributed by atoms with Crippen LogP contribution in [0.15, 0.2) is 23.5 Å². The van der Waals surface area contributed by atoms with E-state index in [0.717, 1.165) is 43.3 Å². The van der Waals surface area contributed by atoms with Crippen LogP contribution in [0.2, 0.25) is 0 Å². The van der Waals surface area contributed by atoms with Gasteiger partial charge in [0.15, 0.2) is 5.96 Å². The quantitative estimate of drug-likeness (QED) is 0.270. The van der Waals surface area contributed by atoms with Gasteiger partial charge in [0, 0.05) is 32.0 Å². The molecule has 7 nitrogen and oxygen atoms in total. The number of halogens is 1. The lowest BCUT2D eigenvalue weighted by Gasteiger charge is -2.11. The Morgan fingerprint density at radius 1 is 1.39 bits per heavy atom. The minimum atomic E-state index is 0. The number of rotatable bonds is 7. The molecular weight excluding hydrogens is 405 g/mol. The Morgan fingerprint density at radius 2 is 2.22 bits per heavy atom. The van der Waals surface area contributed by atoms with E-state index in [1.807, 2.05) is 24.0 Å². The smallest absolute Gasteiger partial charge is 0.191 e. The Kier molecular flexibility index (Phi) is 8.67. The zero-order valence-corrected chi connectivity index (χ0v) is 16.3. The van der Waals surface area contributed by atoms with Crippen molar-refractivity contribution in [2.75, 3.05) is 13.1 Å². The first-order valence-corrected chi connectivity index (χ1v) is 7.68. The van der Waals surface area contributed by atoms with Crippen LogP contribution in [0.4, 0.5) is 0 Å². The Labute approximate surface area is 154 Å². The van der Waals surface area contributed by atoms with Crippen LogP contribution in [0, 0.1) is 6.92 Å². The van der Waals surface area contributed by atoms with Crippen molar-refractivity contribution in [1.82, 2.24) is 30.6 Å². The fraction of sp³-hybridized carbons (Fsp3) is 0.533. The summed E-state index contributed by atoms with van der Waals surface area (Å²) in [5.41, 5.74) is 3.52. The SMILES string of the molecule is CCNC(=NCc1ccnn1C)NCCCc1cn[nH]c1C.I. The third kappa shape index (κ3) is 6.20. The van der Waals surface area contributed by atoms with E-state index >= 15 is 0 Å². The zero-order valence-electron chi connectivity index (χ0n) is 14.0. The molecule has 0 saturated heterocycles. The molecule has 0 aliphatic carbocycles. The van der Waals surface area contributed by atoms with E-state index < -0.39 is 0 Å². The summed E-state index contributed by atoms with van der Waals surface area (Å²) in [4.78, 5) is 4.58. The molecule has 0 radical (unpaired) electrons. The highest BCUT2D eigenvalue weighted by Crippen LogP contribution is 2.05. The van der Waals surface area contributed by atoms with Gasteiger partial charge in [-0.2, -0.15) is 10.2 Å². The lowest BCUT2D eigenvalue weighted by molar-refractivity contribution is 0.703. The predicted molar refractivity (Wildman–Crippen MR) is 103 cm³/mol. The largest absolute Gasteiger partial charge is 0.357 e. The van der Waals surface area contributed by atoms with Crippen molar-refractivity contribution in [2.45, 2.75) is 33.2 Å². The number of hydrogen-bond donors (Lipinski definition) is 3. The van der Waals surface area contributed by atoms with E-state index in [9.17, 15) is 0 Å². The minimum absolute atomic E-state index is 0. The van der Waals surface area contributed by atoms with Crippen molar-refractivity contribution in [2.24, 2.45) is 12.0 Å². The monoisotopic (exact) mass is 431 g/mol.